The van der Waals surface area contributed by atoms with Crippen LogP contribution >= 0.6 is 0 Å². The van der Waals surface area contributed by atoms with Crippen molar-refractivity contribution in [1.29, 1.82) is 0 Å². The highest BCUT2D eigenvalue weighted by Gasteiger charge is 2.37. The quantitative estimate of drug-likeness (QED) is 0.814. The molecule has 0 spiro atoms. The van der Waals surface area contributed by atoms with E-state index in [1.165, 1.54) is 0 Å². The predicted molar refractivity (Wildman–Crippen MR) is 54.8 cm³/mol. The lowest BCUT2D eigenvalue weighted by atomic mass is 10.1. The molecule has 1 atom stereocenters. The first-order valence-electron chi connectivity index (χ1n) is 4.86. The van der Waals surface area contributed by atoms with Crippen molar-refractivity contribution in [2.45, 2.75) is 10.4 Å². The van der Waals surface area contributed by atoms with Gasteiger partial charge in [0.05, 0.1) is 4.90 Å². The summed E-state index contributed by atoms with van der Waals surface area (Å²) in [5.41, 5.74) is -1.92. The molecule has 1 N–H and O–H groups in total. The second-order valence-corrected chi connectivity index (χ2v) is 5.78. The van der Waals surface area contributed by atoms with E-state index < -0.39 is 27.1 Å². The molecule has 88 valence electrons. The largest absolute Gasteiger partial charge is 0.316 e. The van der Waals surface area contributed by atoms with Crippen LogP contribution in [0.3, 0.4) is 0 Å². The van der Waals surface area contributed by atoms with Crippen molar-refractivity contribution in [2.24, 2.45) is 5.92 Å². The number of hydrogen-bond acceptors (Lipinski definition) is 3. The summed E-state index contributed by atoms with van der Waals surface area (Å²) < 4.78 is 49.8. The number of rotatable bonds is 3. The molecule has 1 aliphatic rings. The van der Waals surface area contributed by atoms with E-state index in [-0.39, 0.29) is 4.90 Å². The fraction of sp³-hybridized carbons (Fsp3) is 0.400. The molecular weight excluding hydrogens is 236 g/mol. The summed E-state index contributed by atoms with van der Waals surface area (Å²) >= 11 is 0. The van der Waals surface area contributed by atoms with Gasteiger partial charge in [0, 0.05) is 19.0 Å². The fourth-order valence-corrected chi connectivity index (χ4v) is 2.98. The third-order valence-electron chi connectivity index (χ3n) is 2.62. The van der Waals surface area contributed by atoms with E-state index in [4.69, 9.17) is 0 Å². The van der Waals surface area contributed by atoms with Crippen LogP contribution in [0, 0.1) is 11.7 Å². The first kappa shape index (κ1) is 11.5. The van der Waals surface area contributed by atoms with Crippen molar-refractivity contribution in [3.63, 3.8) is 0 Å². The molecule has 0 bridgehead atoms. The molecule has 1 saturated heterocycles. The number of sulfone groups is 1. The molecule has 1 heterocycles. The monoisotopic (exact) mass is 247 g/mol. The Hall–Kier alpha value is -1.01. The van der Waals surface area contributed by atoms with E-state index >= 15 is 0 Å². The molecule has 3 nitrogen and oxygen atoms in total. The number of nitrogens with one attached hydrogen (secondary N) is 1. The van der Waals surface area contributed by atoms with E-state index in [9.17, 15) is 17.2 Å². The molecule has 0 aromatic heterocycles. The van der Waals surface area contributed by atoms with Crippen LogP contribution in [0.4, 0.5) is 8.78 Å². The van der Waals surface area contributed by atoms with E-state index in [1.54, 1.807) is 0 Å². The Balaban J connectivity index is 2.27. The fourth-order valence-electron chi connectivity index (χ4n) is 1.50. The molecule has 1 aromatic carbocycles. The molecule has 2 rings (SSSR count). The smallest absolute Gasteiger partial charge is 0.210 e. The van der Waals surface area contributed by atoms with E-state index in [1.807, 2.05) is 0 Å². The lowest BCUT2D eigenvalue weighted by Gasteiger charge is -2.29. The molecule has 0 radical (unpaired) electrons. The average Bonchev–Trinajstić information content (AvgIpc) is 2.15. The van der Waals surface area contributed by atoms with Gasteiger partial charge >= 0.3 is 0 Å². The summed E-state index contributed by atoms with van der Waals surface area (Å²) in [6.07, 6.45) is 0. The highest BCUT2D eigenvalue weighted by Crippen LogP contribution is 2.25. The third kappa shape index (κ3) is 1.94. The van der Waals surface area contributed by atoms with Crippen LogP contribution in [0.15, 0.2) is 29.2 Å². The lowest BCUT2D eigenvalue weighted by Crippen LogP contribution is -2.49. The van der Waals surface area contributed by atoms with Crippen LogP contribution in [0.1, 0.15) is 0 Å². The molecule has 16 heavy (non-hydrogen) atoms. The van der Waals surface area contributed by atoms with Gasteiger partial charge in [-0.3, -0.25) is 0 Å². The lowest BCUT2D eigenvalue weighted by molar-refractivity contribution is 0.230. The third-order valence-corrected chi connectivity index (χ3v) is 4.53. The molecule has 0 amide bonds. The van der Waals surface area contributed by atoms with Crippen LogP contribution in [-0.4, -0.2) is 27.0 Å². The van der Waals surface area contributed by atoms with Gasteiger partial charge in [-0.15, -0.1) is 0 Å². The van der Waals surface area contributed by atoms with E-state index in [0.29, 0.717) is 13.1 Å². The Morgan fingerprint density at radius 1 is 1.25 bits per heavy atom. The van der Waals surface area contributed by atoms with Gasteiger partial charge in [0.15, 0.2) is 0 Å². The van der Waals surface area contributed by atoms with Crippen LogP contribution in [0.25, 0.3) is 0 Å². The topological polar surface area (TPSA) is 46.2 Å². The Kier molecular flexibility index (Phi) is 2.94. The van der Waals surface area contributed by atoms with Crippen LogP contribution < -0.4 is 5.32 Å². The Morgan fingerprint density at radius 3 is 2.25 bits per heavy atom. The van der Waals surface area contributed by atoms with Gasteiger partial charge in [0.2, 0.25) is 15.3 Å². The number of benzene rings is 1. The molecule has 1 aromatic rings. The first-order valence-corrected chi connectivity index (χ1v) is 6.40. The molecule has 0 saturated carbocycles. The first-order chi connectivity index (χ1) is 7.51. The van der Waals surface area contributed by atoms with Gasteiger partial charge in [-0.05, 0) is 24.3 Å². The van der Waals surface area contributed by atoms with Gasteiger partial charge in [0.25, 0.3) is 0 Å². The summed E-state index contributed by atoms with van der Waals surface area (Å²) in [6, 6.07) is 4.20. The zero-order valence-corrected chi connectivity index (χ0v) is 9.18. The van der Waals surface area contributed by atoms with E-state index in [2.05, 4.69) is 5.32 Å². The van der Waals surface area contributed by atoms with Gasteiger partial charge in [-0.2, -0.15) is 0 Å². The maximum atomic E-state index is 13.7. The van der Waals surface area contributed by atoms with E-state index in [0.717, 1.165) is 24.3 Å². The summed E-state index contributed by atoms with van der Waals surface area (Å²) in [5.74, 6) is -1.05. The van der Waals surface area contributed by atoms with Crippen LogP contribution in [0.5, 0.6) is 0 Å². The number of halogens is 2. The van der Waals surface area contributed by atoms with Crippen molar-refractivity contribution >= 4 is 9.84 Å². The molecular formula is C10H11F2NO2S. The zero-order valence-electron chi connectivity index (χ0n) is 8.36. The minimum atomic E-state index is -3.99. The summed E-state index contributed by atoms with van der Waals surface area (Å²) in [6.45, 7) is 0.725. The Morgan fingerprint density at radius 2 is 1.81 bits per heavy atom. The predicted octanol–water partition coefficient (Wildman–Crippen LogP) is 1.11. The minimum Gasteiger partial charge on any atom is -0.316 e. The van der Waals surface area contributed by atoms with Gasteiger partial charge < -0.3 is 5.32 Å². The molecule has 1 unspecified atom stereocenters. The maximum Gasteiger partial charge on any atom is 0.210 e. The van der Waals surface area contributed by atoms with Crippen molar-refractivity contribution in [1.82, 2.24) is 5.32 Å². The normalized spacial score (nSPS) is 19.1. The van der Waals surface area contributed by atoms with Gasteiger partial charge in [-0.1, -0.05) is 0 Å². The van der Waals surface area contributed by atoms with Crippen molar-refractivity contribution < 1.29 is 17.2 Å². The number of alkyl halides is 1. The maximum absolute atomic E-state index is 13.7. The Labute approximate surface area is 92.4 Å². The summed E-state index contributed by atoms with van der Waals surface area (Å²) in [5, 5.41) is 2.81. The highest BCUT2D eigenvalue weighted by molar-refractivity contribution is 7.92. The SMILES string of the molecule is O=S(=O)(c1ccc(F)cc1)C(F)C1CNC1. The standard InChI is InChI=1S/C10H11F2NO2S/c11-8-1-3-9(4-2-8)16(14,15)10(12)7-5-13-6-7/h1-4,7,10,13H,5-6H2. The number of hydrogen-bond donors (Lipinski definition) is 1. The summed E-state index contributed by atoms with van der Waals surface area (Å²) in [7, 11) is -3.99. The second-order valence-electron chi connectivity index (χ2n) is 3.77. The molecule has 1 fully saturated rings. The molecule has 1 aliphatic heterocycles. The van der Waals surface area contributed by atoms with Crippen molar-refractivity contribution in [3.05, 3.63) is 30.1 Å². The van der Waals surface area contributed by atoms with Crippen molar-refractivity contribution in [3.8, 4) is 0 Å². The van der Waals surface area contributed by atoms with Crippen molar-refractivity contribution in [2.75, 3.05) is 13.1 Å². The minimum absolute atomic E-state index is 0.173. The summed E-state index contributed by atoms with van der Waals surface area (Å²) in [4.78, 5) is -0.173. The highest BCUT2D eigenvalue weighted by atomic mass is 32.2. The van der Waals surface area contributed by atoms with Gasteiger partial charge in [-0.25, -0.2) is 17.2 Å². The van der Waals surface area contributed by atoms with Gasteiger partial charge in [0.1, 0.15) is 5.82 Å². The molecule has 0 aliphatic carbocycles. The Bertz CT molecular complexity index is 468. The average molecular weight is 247 g/mol. The second kappa shape index (κ2) is 4.10. The zero-order chi connectivity index (χ0) is 11.8. The molecule has 6 heteroatoms. The van der Waals surface area contributed by atoms with Crippen LogP contribution in [0.2, 0.25) is 0 Å². The van der Waals surface area contributed by atoms with Crippen LogP contribution in [-0.2, 0) is 9.84 Å².